The number of rotatable bonds is 6. The fraction of sp³-hybridized carbons (Fsp3) is 0.550. The molecule has 0 spiro atoms. The summed E-state index contributed by atoms with van der Waals surface area (Å²) in [5, 5.41) is 16.6. The summed E-state index contributed by atoms with van der Waals surface area (Å²) in [4.78, 5) is 12.5. The van der Waals surface area contributed by atoms with Crippen LogP contribution in [0.15, 0.2) is 18.2 Å². The number of benzene rings is 1. The van der Waals surface area contributed by atoms with Crippen LogP contribution in [0, 0.1) is 5.92 Å². The monoisotopic (exact) mass is 458 g/mol. The van der Waals surface area contributed by atoms with E-state index in [1.54, 1.807) is 11.3 Å². The van der Waals surface area contributed by atoms with Gasteiger partial charge < -0.3 is 10.6 Å². The Labute approximate surface area is 181 Å². The van der Waals surface area contributed by atoms with Crippen LogP contribution in [0.3, 0.4) is 0 Å². The molecule has 1 amide bonds. The van der Waals surface area contributed by atoms with Gasteiger partial charge in [0.25, 0.3) is 5.91 Å². The van der Waals surface area contributed by atoms with E-state index in [1.165, 1.54) is 12.8 Å². The molecule has 0 radical (unpaired) electrons. The third-order valence-corrected chi connectivity index (χ3v) is 7.00. The van der Waals surface area contributed by atoms with Gasteiger partial charge in [0.05, 0.1) is 16.1 Å². The number of alkyl halides is 3. The average molecular weight is 459 g/mol. The van der Waals surface area contributed by atoms with Gasteiger partial charge in [-0.05, 0) is 62.6 Å². The molecule has 0 atom stereocenters. The lowest BCUT2D eigenvalue weighted by molar-refractivity contribution is -0.137. The van der Waals surface area contributed by atoms with Crippen LogP contribution in [0.2, 0.25) is 5.02 Å². The van der Waals surface area contributed by atoms with Crippen LogP contribution >= 0.6 is 22.9 Å². The molecule has 10 heteroatoms. The third kappa shape index (κ3) is 5.24. The van der Waals surface area contributed by atoms with Crippen molar-refractivity contribution < 1.29 is 18.0 Å². The van der Waals surface area contributed by atoms with Crippen molar-refractivity contribution in [2.45, 2.75) is 56.7 Å². The van der Waals surface area contributed by atoms with Crippen molar-refractivity contribution in [1.29, 1.82) is 0 Å². The Kier molecular flexibility index (Phi) is 6.20. The largest absolute Gasteiger partial charge is 0.416 e. The van der Waals surface area contributed by atoms with Crippen LogP contribution in [0.5, 0.6) is 0 Å². The molecule has 2 aromatic rings. The van der Waals surface area contributed by atoms with Crippen molar-refractivity contribution in [3.63, 3.8) is 0 Å². The average Bonchev–Trinajstić information content (AvgIpc) is 3.45. The SMILES string of the molecule is O=C(N[C@H]1CC[C@H](CNc2nnc(C3CC3)s2)CC1)c1cc(C(F)(F)F)ccc1Cl. The molecule has 1 heterocycles. The van der Waals surface area contributed by atoms with E-state index in [-0.39, 0.29) is 16.6 Å². The highest BCUT2D eigenvalue weighted by Gasteiger charge is 2.32. The molecule has 2 aliphatic rings. The van der Waals surface area contributed by atoms with Crippen molar-refractivity contribution in [3.8, 4) is 0 Å². The predicted molar refractivity (Wildman–Crippen MR) is 110 cm³/mol. The number of hydrogen-bond acceptors (Lipinski definition) is 5. The molecule has 162 valence electrons. The number of carbonyl (C=O) groups excluding carboxylic acids is 1. The van der Waals surface area contributed by atoms with Gasteiger partial charge in [-0.2, -0.15) is 13.2 Å². The van der Waals surface area contributed by atoms with Crippen molar-refractivity contribution in [3.05, 3.63) is 39.4 Å². The molecule has 2 N–H and O–H groups in total. The highest BCUT2D eigenvalue weighted by atomic mass is 35.5. The van der Waals surface area contributed by atoms with Crippen molar-refractivity contribution in [2.24, 2.45) is 5.92 Å². The molecule has 0 bridgehead atoms. The highest BCUT2D eigenvalue weighted by Crippen LogP contribution is 2.42. The minimum atomic E-state index is -4.52. The maximum absolute atomic E-state index is 12.9. The van der Waals surface area contributed by atoms with Crippen LogP contribution in [0.1, 0.15) is 65.4 Å². The van der Waals surface area contributed by atoms with Gasteiger partial charge in [0, 0.05) is 18.5 Å². The van der Waals surface area contributed by atoms with E-state index in [0.717, 1.165) is 60.6 Å². The van der Waals surface area contributed by atoms with Gasteiger partial charge in [-0.1, -0.05) is 22.9 Å². The number of halogens is 4. The Morgan fingerprint density at radius 3 is 2.53 bits per heavy atom. The molecular formula is C20H22ClF3N4OS. The predicted octanol–water partition coefficient (Wildman–Crippen LogP) is 5.49. The Morgan fingerprint density at radius 2 is 1.87 bits per heavy atom. The van der Waals surface area contributed by atoms with Crippen LogP contribution in [-0.4, -0.2) is 28.7 Å². The third-order valence-electron chi connectivity index (χ3n) is 5.63. The molecule has 0 saturated heterocycles. The first-order chi connectivity index (χ1) is 14.3. The molecule has 2 fully saturated rings. The van der Waals surface area contributed by atoms with E-state index in [2.05, 4.69) is 20.8 Å². The number of nitrogens with zero attached hydrogens (tertiary/aromatic N) is 2. The first kappa shape index (κ1) is 21.4. The van der Waals surface area contributed by atoms with Gasteiger partial charge in [-0.25, -0.2) is 0 Å². The summed E-state index contributed by atoms with van der Waals surface area (Å²) in [7, 11) is 0. The Bertz CT molecular complexity index is 908. The van der Waals surface area contributed by atoms with E-state index >= 15 is 0 Å². The molecule has 4 rings (SSSR count). The van der Waals surface area contributed by atoms with Crippen molar-refractivity contribution in [2.75, 3.05) is 11.9 Å². The van der Waals surface area contributed by atoms with E-state index in [0.29, 0.717) is 11.8 Å². The van der Waals surface area contributed by atoms with Gasteiger partial charge in [0.1, 0.15) is 5.01 Å². The van der Waals surface area contributed by atoms with Gasteiger partial charge in [-0.15, -0.1) is 10.2 Å². The molecule has 2 saturated carbocycles. The van der Waals surface area contributed by atoms with Gasteiger partial charge in [-0.3, -0.25) is 4.79 Å². The Morgan fingerprint density at radius 1 is 1.13 bits per heavy atom. The number of anilines is 1. The van der Waals surface area contributed by atoms with E-state index in [4.69, 9.17) is 11.6 Å². The lowest BCUT2D eigenvalue weighted by Crippen LogP contribution is -2.38. The second kappa shape index (κ2) is 8.70. The number of nitrogens with one attached hydrogen (secondary N) is 2. The number of aromatic nitrogens is 2. The fourth-order valence-electron chi connectivity index (χ4n) is 3.68. The van der Waals surface area contributed by atoms with Crippen molar-refractivity contribution in [1.82, 2.24) is 15.5 Å². The molecule has 2 aliphatic carbocycles. The topological polar surface area (TPSA) is 66.9 Å². The summed E-state index contributed by atoms with van der Waals surface area (Å²) in [6.07, 6.45) is 1.28. The van der Waals surface area contributed by atoms with Gasteiger partial charge >= 0.3 is 6.18 Å². The fourth-order valence-corrected chi connectivity index (χ4v) is 4.81. The Hall–Kier alpha value is -1.87. The second-order valence-corrected chi connectivity index (χ2v) is 9.40. The van der Waals surface area contributed by atoms with Gasteiger partial charge in [0.15, 0.2) is 0 Å². The smallest absolute Gasteiger partial charge is 0.360 e. The minimum absolute atomic E-state index is 0.0148. The first-order valence-corrected chi connectivity index (χ1v) is 11.2. The van der Waals surface area contributed by atoms with E-state index in [1.807, 2.05) is 0 Å². The van der Waals surface area contributed by atoms with Crippen LogP contribution in [-0.2, 0) is 6.18 Å². The maximum atomic E-state index is 12.9. The Balaban J connectivity index is 1.25. The first-order valence-electron chi connectivity index (χ1n) is 10.0. The normalized spacial score (nSPS) is 22.0. The summed E-state index contributed by atoms with van der Waals surface area (Å²) in [5.74, 6) is 0.500. The van der Waals surface area contributed by atoms with Crippen LogP contribution in [0.4, 0.5) is 18.3 Å². The highest BCUT2D eigenvalue weighted by molar-refractivity contribution is 7.15. The molecule has 30 heavy (non-hydrogen) atoms. The minimum Gasteiger partial charge on any atom is -0.360 e. The molecule has 1 aromatic carbocycles. The van der Waals surface area contributed by atoms with E-state index < -0.39 is 17.6 Å². The molecule has 1 aromatic heterocycles. The maximum Gasteiger partial charge on any atom is 0.416 e. The van der Waals surface area contributed by atoms with Crippen molar-refractivity contribution >= 4 is 34.0 Å². The number of hydrogen-bond donors (Lipinski definition) is 2. The number of carbonyl (C=O) groups is 1. The summed E-state index contributed by atoms with van der Waals surface area (Å²) in [5.41, 5.74) is -1.02. The molecule has 0 aliphatic heterocycles. The molecule has 5 nitrogen and oxygen atoms in total. The standard InChI is InChI=1S/C20H22ClF3N4OS/c21-16-8-5-13(20(22,23)24)9-15(16)17(29)26-14-6-1-11(2-7-14)10-25-19-28-27-18(30-19)12-3-4-12/h5,8-9,11-12,14H,1-4,6-7,10H2,(H,25,28)(H,26,29)/t11-,14-. The van der Waals surface area contributed by atoms with Crippen LogP contribution < -0.4 is 10.6 Å². The summed E-state index contributed by atoms with van der Waals surface area (Å²) in [6.45, 7) is 0.805. The summed E-state index contributed by atoms with van der Waals surface area (Å²) < 4.78 is 38.7. The molecular weight excluding hydrogens is 437 g/mol. The zero-order valence-corrected chi connectivity index (χ0v) is 17.7. The number of amides is 1. The lowest BCUT2D eigenvalue weighted by Gasteiger charge is -2.29. The lowest BCUT2D eigenvalue weighted by atomic mass is 9.86. The summed E-state index contributed by atoms with van der Waals surface area (Å²) in [6, 6.07) is 2.74. The zero-order valence-electron chi connectivity index (χ0n) is 16.1. The van der Waals surface area contributed by atoms with E-state index in [9.17, 15) is 18.0 Å². The molecule has 0 unspecified atom stereocenters. The van der Waals surface area contributed by atoms with Gasteiger partial charge in [0.2, 0.25) is 5.13 Å². The summed E-state index contributed by atoms with van der Waals surface area (Å²) >= 11 is 7.58. The van der Waals surface area contributed by atoms with Crippen LogP contribution in [0.25, 0.3) is 0 Å². The second-order valence-electron chi connectivity index (χ2n) is 7.98. The quantitative estimate of drug-likeness (QED) is 0.600. The zero-order chi connectivity index (χ0) is 21.3.